The molecule has 84 valence electrons. The summed E-state index contributed by atoms with van der Waals surface area (Å²) >= 11 is 4.89. The van der Waals surface area contributed by atoms with Gasteiger partial charge in [0.05, 0.1) is 0 Å². The van der Waals surface area contributed by atoms with Crippen molar-refractivity contribution in [1.82, 2.24) is 5.32 Å². The van der Waals surface area contributed by atoms with Crippen molar-refractivity contribution >= 4 is 33.2 Å². The van der Waals surface area contributed by atoms with E-state index in [9.17, 15) is 4.79 Å². The molecule has 2 atom stereocenters. The van der Waals surface area contributed by atoms with Crippen molar-refractivity contribution in [2.45, 2.75) is 32.4 Å². The second-order valence-corrected chi connectivity index (χ2v) is 5.34. The molecule has 1 amide bonds. The lowest BCUT2D eigenvalue weighted by Crippen LogP contribution is -2.38. The number of nitrogens with two attached hydrogens (primary N) is 1. The lowest BCUT2D eigenvalue weighted by Gasteiger charge is -2.18. The highest BCUT2D eigenvalue weighted by atomic mass is 79.9. The Bertz CT molecular complexity index is 340. The molecule has 0 bridgehead atoms. The molecule has 0 aliphatic heterocycles. The Morgan fingerprint density at radius 1 is 1.73 bits per heavy atom. The fourth-order valence-electron chi connectivity index (χ4n) is 1.19. The van der Waals surface area contributed by atoms with Crippen LogP contribution in [0.3, 0.4) is 0 Å². The first-order chi connectivity index (χ1) is 7.04. The summed E-state index contributed by atoms with van der Waals surface area (Å²) in [6, 6.07) is 1.83. The highest BCUT2D eigenvalue weighted by Crippen LogP contribution is 2.25. The van der Waals surface area contributed by atoms with Crippen LogP contribution in [0.25, 0.3) is 0 Å². The Hall–Kier alpha value is -0.390. The van der Waals surface area contributed by atoms with Crippen LogP contribution in [0, 0.1) is 0 Å². The monoisotopic (exact) mass is 290 g/mol. The van der Waals surface area contributed by atoms with Gasteiger partial charge in [-0.05, 0) is 35.3 Å². The number of amides is 1. The zero-order valence-electron chi connectivity index (χ0n) is 8.79. The van der Waals surface area contributed by atoms with Gasteiger partial charge in [0.2, 0.25) is 5.91 Å². The molecule has 3 N–H and O–H groups in total. The first-order valence-corrected chi connectivity index (χ1v) is 6.51. The van der Waals surface area contributed by atoms with Crippen molar-refractivity contribution in [3.8, 4) is 0 Å². The minimum Gasteiger partial charge on any atom is -0.368 e. The summed E-state index contributed by atoms with van der Waals surface area (Å²) < 4.78 is 0.986. The van der Waals surface area contributed by atoms with Crippen LogP contribution in [0.5, 0.6) is 0 Å². The first kappa shape index (κ1) is 12.7. The maximum atomic E-state index is 11.3. The molecule has 0 saturated carbocycles. The molecular weight excluding hydrogens is 276 g/mol. The fourth-order valence-corrected chi connectivity index (χ4v) is 2.70. The third-order valence-corrected chi connectivity index (χ3v) is 3.98. The topological polar surface area (TPSA) is 55.1 Å². The molecule has 0 radical (unpaired) electrons. The van der Waals surface area contributed by atoms with Crippen molar-refractivity contribution in [3.05, 3.63) is 20.8 Å². The molecule has 2 unspecified atom stereocenters. The molecule has 1 heterocycles. The number of carbonyl (C=O) groups is 1. The molecule has 1 aromatic rings. The zero-order valence-corrected chi connectivity index (χ0v) is 11.2. The van der Waals surface area contributed by atoms with E-state index in [1.807, 2.05) is 18.4 Å². The summed E-state index contributed by atoms with van der Waals surface area (Å²) in [5, 5.41) is 5.16. The molecule has 0 aliphatic carbocycles. The van der Waals surface area contributed by atoms with Gasteiger partial charge in [0.25, 0.3) is 0 Å². The molecule has 1 rings (SSSR count). The van der Waals surface area contributed by atoms with Gasteiger partial charge in [0.15, 0.2) is 0 Å². The molecule has 3 nitrogen and oxygen atoms in total. The summed E-state index contributed by atoms with van der Waals surface area (Å²) in [5.74, 6) is -0.329. The van der Waals surface area contributed by atoms with Gasteiger partial charge in [0.1, 0.15) is 6.04 Å². The Balaban J connectivity index is 2.79. The van der Waals surface area contributed by atoms with Crippen LogP contribution in [0.2, 0.25) is 0 Å². The third kappa shape index (κ3) is 3.59. The van der Waals surface area contributed by atoms with Crippen molar-refractivity contribution in [1.29, 1.82) is 0 Å². The van der Waals surface area contributed by atoms with E-state index in [-0.39, 0.29) is 18.0 Å². The lowest BCUT2D eigenvalue weighted by atomic mass is 10.1. The van der Waals surface area contributed by atoms with Crippen LogP contribution >= 0.6 is 27.3 Å². The van der Waals surface area contributed by atoms with E-state index in [1.165, 1.54) is 11.3 Å². The molecular formula is C10H15BrN2OS. The van der Waals surface area contributed by atoms with Crippen LogP contribution in [0.15, 0.2) is 15.9 Å². The van der Waals surface area contributed by atoms with Gasteiger partial charge in [0, 0.05) is 20.8 Å². The summed E-state index contributed by atoms with van der Waals surface area (Å²) in [6.07, 6.45) is 0.969. The zero-order chi connectivity index (χ0) is 11.4. The van der Waals surface area contributed by atoms with Gasteiger partial charge < -0.3 is 5.73 Å². The molecule has 0 saturated heterocycles. The van der Waals surface area contributed by atoms with Crippen LogP contribution < -0.4 is 11.1 Å². The molecule has 0 aliphatic rings. The maximum Gasteiger partial charge on any atom is 0.240 e. The van der Waals surface area contributed by atoms with E-state index in [1.54, 1.807) is 0 Å². The SMILES string of the molecule is CCC(C)NC(C(N)=O)c1cc(Br)cs1. The van der Waals surface area contributed by atoms with Gasteiger partial charge in [-0.15, -0.1) is 11.3 Å². The van der Waals surface area contributed by atoms with E-state index in [0.29, 0.717) is 0 Å². The molecule has 15 heavy (non-hydrogen) atoms. The molecule has 0 aromatic carbocycles. The number of hydrogen-bond acceptors (Lipinski definition) is 3. The normalized spacial score (nSPS) is 14.9. The van der Waals surface area contributed by atoms with Crippen LogP contribution in [0.1, 0.15) is 31.2 Å². The van der Waals surface area contributed by atoms with Crippen LogP contribution in [-0.2, 0) is 4.79 Å². The van der Waals surface area contributed by atoms with Crippen molar-refractivity contribution in [2.75, 3.05) is 0 Å². The summed E-state index contributed by atoms with van der Waals surface area (Å²) in [4.78, 5) is 12.3. The lowest BCUT2D eigenvalue weighted by molar-refractivity contribution is -0.120. The van der Waals surface area contributed by atoms with E-state index < -0.39 is 0 Å². The maximum absolute atomic E-state index is 11.3. The smallest absolute Gasteiger partial charge is 0.240 e. The first-order valence-electron chi connectivity index (χ1n) is 4.84. The molecule has 5 heteroatoms. The second-order valence-electron chi connectivity index (χ2n) is 3.48. The van der Waals surface area contributed by atoms with Crippen LogP contribution in [0.4, 0.5) is 0 Å². The quantitative estimate of drug-likeness (QED) is 0.875. The van der Waals surface area contributed by atoms with Gasteiger partial charge in [-0.25, -0.2) is 0 Å². The summed E-state index contributed by atoms with van der Waals surface area (Å²) in [7, 11) is 0. The Kier molecular flexibility index (Phi) is 4.76. The number of thiophene rings is 1. The van der Waals surface area contributed by atoms with Gasteiger partial charge >= 0.3 is 0 Å². The number of carbonyl (C=O) groups excluding carboxylic acids is 1. The van der Waals surface area contributed by atoms with E-state index in [4.69, 9.17) is 5.73 Å². The minimum absolute atomic E-state index is 0.281. The molecule has 0 fully saturated rings. The van der Waals surface area contributed by atoms with Gasteiger partial charge in [-0.3, -0.25) is 10.1 Å². The molecule has 1 aromatic heterocycles. The van der Waals surface area contributed by atoms with Crippen molar-refractivity contribution in [2.24, 2.45) is 5.73 Å². The third-order valence-electron chi connectivity index (χ3n) is 2.22. The van der Waals surface area contributed by atoms with E-state index in [0.717, 1.165) is 15.8 Å². The highest BCUT2D eigenvalue weighted by Gasteiger charge is 2.20. The summed E-state index contributed by atoms with van der Waals surface area (Å²) in [5.41, 5.74) is 5.37. The number of halogens is 1. The predicted octanol–water partition coefficient (Wildman–Crippen LogP) is 2.43. The number of primary amides is 1. The Morgan fingerprint density at radius 3 is 2.80 bits per heavy atom. The Morgan fingerprint density at radius 2 is 2.40 bits per heavy atom. The Labute approximate surface area is 102 Å². The molecule has 0 spiro atoms. The predicted molar refractivity (Wildman–Crippen MR) is 66.8 cm³/mol. The van der Waals surface area contributed by atoms with E-state index in [2.05, 4.69) is 28.2 Å². The fraction of sp³-hybridized carbons (Fsp3) is 0.500. The van der Waals surface area contributed by atoms with Gasteiger partial charge in [-0.1, -0.05) is 6.92 Å². The second kappa shape index (κ2) is 5.63. The largest absolute Gasteiger partial charge is 0.368 e. The van der Waals surface area contributed by atoms with Crippen LogP contribution in [-0.4, -0.2) is 11.9 Å². The highest BCUT2D eigenvalue weighted by molar-refractivity contribution is 9.10. The summed E-state index contributed by atoms with van der Waals surface area (Å²) in [6.45, 7) is 4.11. The van der Waals surface area contributed by atoms with Crippen molar-refractivity contribution < 1.29 is 4.79 Å². The minimum atomic E-state index is -0.378. The number of hydrogen-bond donors (Lipinski definition) is 2. The average molecular weight is 291 g/mol. The number of rotatable bonds is 5. The van der Waals surface area contributed by atoms with E-state index >= 15 is 0 Å². The van der Waals surface area contributed by atoms with Crippen molar-refractivity contribution in [3.63, 3.8) is 0 Å². The number of nitrogens with one attached hydrogen (secondary N) is 1. The standard InChI is InChI=1S/C10H15BrN2OS/c1-3-6(2)13-9(10(12)14)8-4-7(11)5-15-8/h4-6,9,13H,3H2,1-2H3,(H2,12,14). The van der Waals surface area contributed by atoms with Gasteiger partial charge in [-0.2, -0.15) is 0 Å². The average Bonchev–Trinajstić information content (AvgIpc) is 2.60.